The van der Waals surface area contributed by atoms with E-state index in [4.69, 9.17) is 22.1 Å². The highest BCUT2D eigenvalue weighted by molar-refractivity contribution is 6.31. The number of hydrogen-bond donors (Lipinski definition) is 2. The van der Waals surface area contributed by atoms with Gasteiger partial charge in [0, 0.05) is 35.1 Å². The second-order valence-electron chi connectivity index (χ2n) is 10.1. The van der Waals surface area contributed by atoms with Crippen LogP contribution in [0, 0.1) is 5.82 Å². The molecule has 0 bridgehead atoms. The van der Waals surface area contributed by atoms with Crippen LogP contribution in [0.4, 0.5) is 4.39 Å². The molecule has 3 aromatic rings. The van der Waals surface area contributed by atoms with Crippen molar-refractivity contribution in [2.75, 3.05) is 7.11 Å². The maximum atomic E-state index is 13.7. The average molecular weight is 527 g/mol. The molecule has 1 heterocycles. The van der Waals surface area contributed by atoms with E-state index in [0.29, 0.717) is 39.4 Å². The molecule has 0 fully saturated rings. The number of carbonyl (C=O) groups is 2. The lowest BCUT2D eigenvalue weighted by molar-refractivity contribution is -0.116. The average Bonchev–Trinajstić information content (AvgIpc) is 2.83. The van der Waals surface area contributed by atoms with E-state index in [-0.39, 0.29) is 35.9 Å². The number of hydrogen-bond acceptors (Lipinski definition) is 6. The van der Waals surface area contributed by atoms with Gasteiger partial charge in [0.25, 0.3) is 0 Å². The first-order valence-electron chi connectivity index (χ1n) is 11.9. The fourth-order valence-corrected chi connectivity index (χ4v) is 4.12. The Morgan fingerprint density at radius 1 is 1.11 bits per heavy atom. The minimum atomic E-state index is -1.46. The van der Waals surface area contributed by atoms with E-state index in [9.17, 15) is 19.1 Å². The van der Waals surface area contributed by atoms with Gasteiger partial charge in [-0.1, -0.05) is 23.7 Å². The highest BCUT2D eigenvalue weighted by Crippen LogP contribution is 2.33. The lowest BCUT2D eigenvalue weighted by Gasteiger charge is -2.27. The molecule has 0 aliphatic carbocycles. The number of aliphatic hydroxyl groups is 1. The van der Waals surface area contributed by atoms with Gasteiger partial charge in [0.1, 0.15) is 23.0 Å². The number of rotatable bonds is 10. The number of halogens is 2. The number of nitrogens with two attached hydrogens (primary N) is 1. The van der Waals surface area contributed by atoms with Gasteiger partial charge < -0.3 is 15.6 Å². The molecule has 2 aromatic carbocycles. The molecule has 196 valence electrons. The zero-order valence-corrected chi connectivity index (χ0v) is 22.4. The van der Waals surface area contributed by atoms with Crippen LogP contribution in [0.3, 0.4) is 0 Å². The molecule has 3 N–H and O–H groups in total. The molecule has 0 saturated carbocycles. The van der Waals surface area contributed by atoms with E-state index in [2.05, 4.69) is 4.98 Å². The van der Waals surface area contributed by atoms with Crippen LogP contribution in [0.1, 0.15) is 67.7 Å². The molecular formula is C29H32ClFN2O4. The first kappa shape index (κ1) is 28.4. The molecule has 0 radical (unpaired) electrons. The van der Waals surface area contributed by atoms with Gasteiger partial charge in [-0.25, -0.2) is 9.37 Å². The van der Waals surface area contributed by atoms with E-state index in [0.717, 1.165) is 0 Å². The molecule has 1 atom stereocenters. The van der Waals surface area contributed by atoms with Gasteiger partial charge in [-0.3, -0.25) is 9.59 Å². The molecule has 0 aliphatic heterocycles. The summed E-state index contributed by atoms with van der Waals surface area (Å²) in [6.45, 7) is 6.74. The Hall–Kier alpha value is -3.13. The summed E-state index contributed by atoms with van der Waals surface area (Å²) in [6.07, 6.45) is 0.347. The summed E-state index contributed by atoms with van der Waals surface area (Å²) in [5.74, 6) is -0.271. The van der Waals surface area contributed by atoms with Crippen molar-refractivity contribution in [1.82, 2.24) is 4.98 Å². The number of ketones is 2. The number of benzene rings is 2. The maximum Gasteiger partial charge on any atom is 0.163 e. The summed E-state index contributed by atoms with van der Waals surface area (Å²) in [5, 5.41) is 11.3. The van der Waals surface area contributed by atoms with Crippen molar-refractivity contribution in [2.45, 2.75) is 58.1 Å². The molecule has 8 heteroatoms. The predicted molar refractivity (Wildman–Crippen MR) is 142 cm³/mol. The third-order valence-electron chi connectivity index (χ3n) is 6.22. The van der Waals surface area contributed by atoms with Gasteiger partial charge in [-0.15, -0.1) is 0 Å². The van der Waals surface area contributed by atoms with Crippen molar-refractivity contribution in [1.29, 1.82) is 0 Å². The van der Waals surface area contributed by atoms with E-state index < -0.39 is 17.0 Å². The Labute approximate surface area is 221 Å². The first-order chi connectivity index (χ1) is 17.2. The fourth-order valence-electron chi connectivity index (χ4n) is 3.94. The maximum absolute atomic E-state index is 13.7. The Kier molecular flexibility index (Phi) is 8.52. The molecule has 1 unspecified atom stereocenters. The SMILES string of the molecule is COc1cc(C(=O)CCC(C)(O)c2cc(C(C)(C)N)cc(-c3ccc(F)c(Cl)c3)n2)ccc1CC(C)=O. The van der Waals surface area contributed by atoms with Crippen LogP contribution >= 0.6 is 11.6 Å². The number of methoxy groups -OCH3 is 1. The minimum absolute atomic E-state index is 0.00825. The molecule has 3 rings (SSSR count). The van der Waals surface area contributed by atoms with E-state index in [1.807, 2.05) is 13.8 Å². The normalized spacial score (nSPS) is 13.2. The van der Waals surface area contributed by atoms with Crippen molar-refractivity contribution in [2.24, 2.45) is 5.73 Å². The van der Waals surface area contributed by atoms with Crippen LogP contribution < -0.4 is 10.5 Å². The molecular weight excluding hydrogens is 495 g/mol. The second-order valence-corrected chi connectivity index (χ2v) is 10.5. The topological polar surface area (TPSA) is 103 Å². The van der Waals surface area contributed by atoms with Crippen LogP contribution in [0.15, 0.2) is 48.5 Å². The van der Waals surface area contributed by atoms with Gasteiger partial charge >= 0.3 is 0 Å². The Balaban J connectivity index is 1.90. The highest BCUT2D eigenvalue weighted by atomic mass is 35.5. The number of pyridine rings is 1. The van der Waals surface area contributed by atoms with E-state index in [1.165, 1.54) is 26.2 Å². The van der Waals surface area contributed by atoms with Crippen LogP contribution in [0.5, 0.6) is 5.75 Å². The van der Waals surface area contributed by atoms with Crippen molar-refractivity contribution < 1.29 is 23.8 Å². The number of Topliss-reactive ketones (excluding diaryl/α,β-unsaturated/α-hetero) is 2. The first-order valence-corrected chi connectivity index (χ1v) is 12.3. The number of carbonyl (C=O) groups excluding carboxylic acids is 2. The Morgan fingerprint density at radius 2 is 1.81 bits per heavy atom. The Morgan fingerprint density at radius 3 is 2.41 bits per heavy atom. The van der Waals surface area contributed by atoms with Crippen LogP contribution in [0.25, 0.3) is 11.3 Å². The van der Waals surface area contributed by atoms with Gasteiger partial charge in [-0.2, -0.15) is 0 Å². The van der Waals surface area contributed by atoms with Crippen LogP contribution in [-0.4, -0.2) is 28.8 Å². The van der Waals surface area contributed by atoms with E-state index >= 15 is 0 Å². The predicted octanol–water partition coefficient (Wildman–Crippen LogP) is 5.75. The number of ether oxygens (including phenoxy) is 1. The van der Waals surface area contributed by atoms with Crippen LogP contribution in [-0.2, 0) is 22.4 Å². The molecule has 0 amide bonds. The van der Waals surface area contributed by atoms with E-state index in [1.54, 1.807) is 43.3 Å². The minimum Gasteiger partial charge on any atom is -0.496 e. The number of nitrogens with zero attached hydrogens (tertiary/aromatic N) is 1. The summed E-state index contributed by atoms with van der Waals surface area (Å²) >= 11 is 5.98. The lowest BCUT2D eigenvalue weighted by Crippen LogP contribution is -2.31. The zero-order chi connectivity index (χ0) is 27.5. The summed E-state index contributed by atoms with van der Waals surface area (Å²) in [6, 6.07) is 12.8. The van der Waals surface area contributed by atoms with Crippen molar-refractivity contribution in [3.63, 3.8) is 0 Å². The highest BCUT2D eigenvalue weighted by Gasteiger charge is 2.29. The van der Waals surface area contributed by atoms with Gasteiger partial charge in [-0.05, 0) is 76.1 Å². The molecule has 0 saturated heterocycles. The zero-order valence-electron chi connectivity index (χ0n) is 21.7. The molecule has 0 spiro atoms. The fraction of sp³-hybridized carbons (Fsp3) is 0.345. The van der Waals surface area contributed by atoms with Gasteiger partial charge in [0.2, 0.25) is 0 Å². The molecule has 37 heavy (non-hydrogen) atoms. The summed E-state index contributed by atoms with van der Waals surface area (Å²) < 4.78 is 19.1. The second kappa shape index (κ2) is 11.1. The van der Waals surface area contributed by atoms with Gasteiger partial charge in [0.05, 0.1) is 23.5 Å². The Bertz CT molecular complexity index is 1330. The molecule has 6 nitrogen and oxygen atoms in total. The molecule has 0 aliphatic rings. The van der Waals surface area contributed by atoms with Crippen molar-refractivity contribution >= 4 is 23.2 Å². The summed E-state index contributed by atoms with van der Waals surface area (Å²) in [4.78, 5) is 29.1. The van der Waals surface area contributed by atoms with Crippen molar-refractivity contribution in [3.05, 3.63) is 81.8 Å². The standard InChI is InChI=1S/C29H32ClFN2O4/c1-17(34)12-20-7-6-19(14-26(20)37-5)25(35)10-11-29(4,36)27-16-21(28(2,3)32)15-24(33-27)18-8-9-23(31)22(30)13-18/h6-9,13-16,36H,10-12,32H2,1-5H3. The quantitative estimate of drug-likeness (QED) is 0.326. The number of aromatic nitrogens is 1. The van der Waals surface area contributed by atoms with Gasteiger partial charge in [0.15, 0.2) is 5.78 Å². The largest absolute Gasteiger partial charge is 0.496 e. The molecule has 1 aromatic heterocycles. The third-order valence-corrected chi connectivity index (χ3v) is 6.51. The van der Waals surface area contributed by atoms with Crippen molar-refractivity contribution in [3.8, 4) is 17.0 Å². The smallest absolute Gasteiger partial charge is 0.163 e. The summed E-state index contributed by atoms with van der Waals surface area (Å²) in [5.41, 5.74) is 7.37. The monoisotopic (exact) mass is 526 g/mol. The summed E-state index contributed by atoms with van der Waals surface area (Å²) in [7, 11) is 1.49. The lowest BCUT2D eigenvalue weighted by atomic mass is 9.88. The van der Waals surface area contributed by atoms with Crippen LogP contribution in [0.2, 0.25) is 5.02 Å². The third kappa shape index (κ3) is 7.01.